The lowest BCUT2D eigenvalue weighted by Crippen LogP contribution is -2.29. The Labute approximate surface area is 208 Å². The summed E-state index contributed by atoms with van der Waals surface area (Å²) in [4.78, 5) is 23.6. The number of aliphatic carboxylic acids is 1. The molecule has 0 spiro atoms. The van der Waals surface area contributed by atoms with Crippen LogP contribution in [0.15, 0.2) is 18.2 Å². The van der Waals surface area contributed by atoms with Gasteiger partial charge in [-0.3, -0.25) is 4.79 Å². The fourth-order valence-corrected chi connectivity index (χ4v) is 6.32. The van der Waals surface area contributed by atoms with Gasteiger partial charge in [-0.15, -0.1) is 0 Å². The minimum Gasteiger partial charge on any atom is -0.482 e. The lowest BCUT2D eigenvalue weighted by atomic mass is 9.73. The summed E-state index contributed by atoms with van der Waals surface area (Å²) in [5.74, 6) is 0.310. The minimum absolute atomic E-state index is 0.104. The summed E-state index contributed by atoms with van der Waals surface area (Å²) in [6, 6.07) is 5.86. The van der Waals surface area contributed by atoms with E-state index in [-0.39, 0.29) is 36.6 Å². The number of benzene rings is 1. The molecular formula is C28H40O7. The topological polar surface area (TPSA) is 102 Å². The predicted octanol–water partition coefficient (Wildman–Crippen LogP) is 4.17. The Balaban J connectivity index is 1.39. The van der Waals surface area contributed by atoms with Gasteiger partial charge in [-0.05, 0) is 86.3 Å². The molecule has 2 fully saturated rings. The van der Waals surface area contributed by atoms with E-state index in [0.29, 0.717) is 30.8 Å². The van der Waals surface area contributed by atoms with Crippen LogP contribution in [0.1, 0.15) is 69.4 Å². The van der Waals surface area contributed by atoms with E-state index in [0.717, 1.165) is 69.8 Å². The van der Waals surface area contributed by atoms with Gasteiger partial charge in [-0.2, -0.15) is 0 Å². The number of unbranched alkanes of at least 4 members (excludes halogenated alkanes) is 2. The van der Waals surface area contributed by atoms with Gasteiger partial charge < -0.3 is 24.4 Å². The zero-order valence-electron chi connectivity index (χ0n) is 20.8. The Bertz CT molecular complexity index is 863. The maximum Gasteiger partial charge on any atom is 0.341 e. The summed E-state index contributed by atoms with van der Waals surface area (Å²) in [6.07, 6.45) is 8.49. The zero-order chi connectivity index (χ0) is 24.8. The van der Waals surface area contributed by atoms with Gasteiger partial charge in [0.25, 0.3) is 0 Å². The molecule has 1 heterocycles. The molecule has 1 aromatic rings. The Morgan fingerprint density at radius 2 is 2.06 bits per heavy atom. The summed E-state index contributed by atoms with van der Waals surface area (Å²) in [7, 11) is 0. The van der Waals surface area contributed by atoms with E-state index in [1.807, 2.05) is 12.1 Å². The van der Waals surface area contributed by atoms with Gasteiger partial charge in [0.15, 0.2) is 6.61 Å². The number of rotatable bonds is 12. The van der Waals surface area contributed by atoms with E-state index in [1.165, 1.54) is 5.56 Å². The maximum atomic E-state index is 12.6. The van der Waals surface area contributed by atoms with Crippen molar-refractivity contribution in [3.63, 3.8) is 0 Å². The molecule has 7 heteroatoms. The maximum absolute atomic E-state index is 12.6. The van der Waals surface area contributed by atoms with Crippen LogP contribution >= 0.6 is 0 Å². The highest BCUT2D eigenvalue weighted by atomic mass is 16.5. The number of ether oxygens (including phenoxy) is 3. The van der Waals surface area contributed by atoms with Gasteiger partial charge in [0.1, 0.15) is 11.9 Å². The largest absolute Gasteiger partial charge is 0.482 e. The predicted molar refractivity (Wildman–Crippen MR) is 130 cm³/mol. The zero-order valence-corrected chi connectivity index (χ0v) is 20.8. The first-order chi connectivity index (χ1) is 17.0. The van der Waals surface area contributed by atoms with Crippen LogP contribution in [-0.2, 0) is 31.9 Å². The fraction of sp³-hybridized carbons (Fsp3) is 0.714. The van der Waals surface area contributed by atoms with E-state index in [9.17, 15) is 14.7 Å². The van der Waals surface area contributed by atoms with Crippen LogP contribution in [-0.4, -0.2) is 54.2 Å². The second kappa shape index (κ2) is 12.2. The molecule has 2 aliphatic carbocycles. The molecule has 1 saturated carbocycles. The lowest BCUT2D eigenvalue weighted by molar-refractivity contribution is -0.155. The van der Waals surface area contributed by atoms with Crippen molar-refractivity contribution in [3.05, 3.63) is 29.3 Å². The third-order valence-electron chi connectivity index (χ3n) is 8.19. The molecule has 0 bridgehead atoms. The van der Waals surface area contributed by atoms with Crippen molar-refractivity contribution in [2.75, 3.05) is 19.8 Å². The van der Waals surface area contributed by atoms with Gasteiger partial charge >= 0.3 is 11.9 Å². The highest BCUT2D eigenvalue weighted by Gasteiger charge is 2.45. The molecule has 7 nitrogen and oxygen atoms in total. The molecule has 1 aliphatic heterocycles. The summed E-state index contributed by atoms with van der Waals surface area (Å²) < 4.78 is 16.9. The molecule has 0 radical (unpaired) electrons. The van der Waals surface area contributed by atoms with Crippen molar-refractivity contribution < 1.29 is 34.0 Å². The van der Waals surface area contributed by atoms with Crippen LogP contribution in [0.4, 0.5) is 0 Å². The molecule has 1 saturated heterocycles. The molecule has 0 aromatic heterocycles. The molecule has 0 amide bonds. The van der Waals surface area contributed by atoms with Crippen molar-refractivity contribution in [2.45, 2.75) is 83.3 Å². The second-order valence-corrected chi connectivity index (χ2v) is 10.6. The van der Waals surface area contributed by atoms with Crippen LogP contribution in [0, 0.1) is 23.7 Å². The van der Waals surface area contributed by atoms with Crippen molar-refractivity contribution >= 4 is 11.9 Å². The number of carbonyl (C=O) groups is 2. The third-order valence-corrected chi connectivity index (χ3v) is 8.19. The SMILES string of the molecule is CCCCC[C@@H](CC[C@@H]1[C@H]2Cc3cccc(OCC(=O)O)c3C[C@H]2C[C@H]1O)OC(=O)C1CCOC1. The number of fused-ring (bicyclic) bond motifs is 2. The first-order valence-corrected chi connectivity index (χ1v) is 13.4. The Morgan fingerprint density at radius 3 is 2.80 bits per heavy atom. The molecular weight excluding hydrogens is 448 g/mol. The van der Waals surface area contributed by atoms with Crippen LogP contribution < -0.4 is 4.74 Å². The van der Waals surface area contributed by atoms with E-state index in [1.54, 1.807) is 0 Å². The number of aliphatic hydroxyl groups excluding tert-OH is 1. The Morgan fingerprint density at radius 1 is 1.20 bits per heavy atom. The van der Waals surface area contributed by atoms with Crippen molar-refractivity contribution in [1.82, 2.24) is 0 Å². The number of esters is 1. The van der Waals surface area contributed by atoms with E-state index in [4.69, 9.17) is 19.3 Å². The molecule has 4 rings (SSSR count). The summed E-state index contributed by atoms with van der Waals surface area (Å²) in [5.41, 5.74) is 2.29. The van der Waals surface area contributed by atoms with Gasteiger partial charge in [-0.25, -0.2) is 4.79 Å². The summed E-state index contributed by atoms with van der Waals surface area (Å²) in [6.45, 7) is 2.91. The molecule has 194 valence electrons. The highest BCUT2D eigenvalue weighted by Crippen LogP contribution is 2.48. The molecule has 1 unspecified atom stereocenters. The number of hydrogen-bond acceptors (Lipinski definition) is 6. The van der Waals surface area contributed by atoms with Crippen molar-refractivity contribution in [3.8, 4) is 5.75 Å². The first-order valence-electron chi connectivity index (χ1n) is 13.4. The lowest BCUT2D eigenvalue weighted by Gasteiger charge is -2.33. The summed E-state index contributed by atoms with van der Waals surface area (Å²) >= 11 is 0. The highest BCUT2D eigenvalue weighted by molar-refractivity contribution is 5.73. The van der Waals surface area contributed by atoms with Crippen molar-refractivity contribution in [2.24, 2.45) is 23.7 Å². The van der Waals surface area contributed by atoms with Gasteiger partial charge in [-0.1, -0.05) is 31.9 Å². The minimum atomic E-state index is -0.984. The van der Waals surface area contributed by atoms with Gasteiger partial charge in [0, 0.05) is 6.61 Å². The van der Waals surface area contributed by atoms with E-state index < -0.39 is 5.97 Å². The quantitative estimate of drug-likeness (QED) is 0.336. The molecule has 3 aliphatic rings. The van der Waals surface area contributed by atoms with Crippen molar-refractivity contribution in [1.29, 1.82) is 0 Å². The average molecular weight is 489 g/mol. The van der Waals surface area contributed by atoms with E-state index in [2.05, 4.69) is 13.0 Å². The molecule has 35 heavy (non-hydrogen) atoms. The second-order valence-electron chi connectivity index (χ2n) is 10.6. The number of aliphatic hydroxyl groups is 1. The molecule has 1 aromatic carbocycles. The normalized spacial score (nSPS) is 28.2. The number of carboxylic acid groups (broad SMARTS) is 1. The van der Waals surface area contributed by atoms with Crippen LogP contribution in [0.25, 0.3) is 0 Å². The fourth-order valence-electron chi connectivity index (χ4n) is 6.32. The van der Waals surface area contributed by atoms with Crippen LogP contribution in [0.5, 0.6) is 5.75 Å². The Kier molecular flexibility index (Phi) is 9.06. The smallest absolute Gasteiger partial charge is 0.341 e. The summed E-state index contributed by atoms with van der Waals surface area (Å²) in [5, 5.41) is 20.0. The molecule has 2 N–H and O–H groups in total. The van der Waals surface area contributed by atoms with E-state index >= 15 is 0 Å². The number of carboxylic acids is 1. The number of carbonyl (C=O) groups excluding carboxylic acids is 1. The monoisotopic (exact) mass is 488 g/mol. The first kappa shape index (κ1) is 26.0. The van der Waals surface area contributed by atoms with Gasteiger partial charge in [0.05, 0.1) is 18.6 Å². The third kappa shape index (κ3) is 6.56. The Hall–Kier alpha value is -2.12. The molecule has 6 atom stereocenters. The van der Waals surface area contributed by atoms with Crippen LogP contribution in [0.3, 0.4) is 0 Å². The van der Waals surface area contributed by atoms with Gasteiger partial charge in [0.2, 0.25) is 0 Å². The standard InChI is InChI=1S/C28H40O7/c1-2-3-4-7-21(35-28(32)19-11-12-33-16-19)9-10-22-23-13-18-6-5-8-26(34-17-27(30)31)24(18)14-20(23)15-25(22)29/h5-6,8,19-23,25,29H,2-4,7,9-17H2,1H3,(H,30,31)/t19?,20-,21-,22+,23-,25+/m0/s1. The van der Waals surface area contributed by atoms with Crippen LogP contribution in [0.2, 0.25) is 0 Å². The number of hydrogen-bond donors (Lipinski definition) is 2. The average Bonchev–Trinajstić information content (AvgIpc) is 3.47.